The Kier molecular flexibility index (Phi) is 7.96. The average molecular weight is 504 g/mol. The molecule has 0 saturated heterocycles. The molecule has 0 radical (unpaired) electrons. The van der Waals surface area contributed by atoms with Gasteiger partial charge >= 0.3 is 0 Å². The predicted octanol–water partition coefficient (Wildman–Crippen LogP) is 6.50. The number of hydrogen-bond acceptors (Lipinski definition) is 4. The number of thiophene rings is 1. The average Bonchev–Trinajstić information content (AvgIpc) is 3.18. The summed E-state index contributed by atoms with van der Waals surface area (Å²) in [5.41, 5.74) is 6.02. The van der Waals surface area contributed by atoms with Crippen molar-refractivity contribution in [2.75, 3.05) is 17.2 Å². The first-order valence-electron chi connectivity index (χ1n) is 12.7. The summed E-state index contributed by atoms with van der Waals surface area (Å²) in [6.07, 6.45) is 2.84. The van der Waals surface area contributed by atoms with Gasteiger partial charge in [-0.15, -0.1) is 11.3 Å². The van der Waals surface area contributed by atoms with Crippen molar-refractivity contribution < 1.29 is 9.59 Å². The second-order valence-electron chi connectivity index (χ2n) is 10.9. The van der Waals surface area contributed by atoms with Crippen molar-refractivity contribution in [3.05, 3.63) is 81.2 Å². The van der Waals surface area contributed by atoms with E-state index in [1.165, 1.54) is 4.88 Å². The quantitative estimate of drug-likeness (QED) is 0.345. The highest BCUT2D eigenvalue weighted by Crippen LogP contribution is 2.44. The van der Waals surface area contributed by atoms with Crippen LogP contribution < -0.4 is 16.0 Å². The molecule has 1 atom stereocenters. The van der Waals surface area contributed by atoms with Gasteiger partial charge < -0.3 is 16.0 Å². The Morgan fingerprint density at radius 2 is 1.78 bits per heavy atom. The van der Waals surface area contributed by atoms with Crippen molar-refractivity contribution in [1.82, 2.24) is 5.32 Å². The van der Waals surface area contributed by atoms with Crippen LogP contribution >= 0.6 is 11.3 Å². The Hall–Kier alpha value is -2.96. The molecule has 3 aromatic rings. The molecule has 1 aromatic heterocycles. The van der Waals surface area contributed by atoms with Gasteiger partial charge in [0.2, 0.25) is 5.91 Å². The number of aryl methyl sites for hydroxylation is 2. The third kappa shape index (κ3) is 6.23. The van der Waals surface area contributed by atoms with Gasteiger partial charge in [-0.2, -0.15) is 0 Å². The summed E-state index contributed by atoms with van der Waals surface area (Å²) < 4.78 is 0. The van der Waals surface area contributed by atoms with Crippen molar-refractivity contribution in [2.45, 2.75) is 60.4 Å². The van der Waals surface area contributed by atoms with Crippen molar-refractivity contribution in [1.29, 1.82) is 0 Å². The smallest absolute Gasteiger partial charge is 0.258 e. The zero-order valence-electron chi connectivity index (χ0n) is 22.0. The van der Waals surface area contributed by atoms with Gasteiger partial charge in [-0.05, 0) is 67.2 Å². The van der Waals surface area contributed by atoms with Crippen molar-refractivity contribution >= 4 is 33.8 Å². The second kappa shape index (κ2) is 11.0. The Bertz CT molecular complexity index is 1240. The summed E-state index contributed by atoms with van der Waals surface area (Å²) >= 11 is 1.56. The molecule has 0 aliphatic heterocycles. The highest BCUT2D eigenvalue weighted by atomic mass is 32.1. The van der Waals surface area contributed by atoms with Gasteiger partial charge in [0.05, 0.1) is 12.1 Å². The summed E-state index contributed by atoms with van der Waals surface area (Å²) in [6, 6.07) is 16.0. The third-order valence-electron chi connectivity index (χ3n) is 7.06. The summed E-state index contributed by atoms with van der Waals surface area (Å²) in [4.78, 5) is 27.7. The monoisotopic (exact) mass is 503 g/mol. The number of carbonyl (C=O) groups is 2. The van der Waals surface area contributed by atoms with Gasteiger partial charge in [0.25, 0.3) is 5.91 Å². The van der Waals surface area contributed by atoms with E-state index in [1.54, 1.807) is 11.3 Å². The lowest BCUT2D eigenvalue weighted by Gasteiger charge is -2.33. The molecule has 4 rings (SSSR count). The topological polar surface area (TPSA) is 70.2 Å². The lowest BCUT2D eigenvalue weighted by Crippen LogP contribution is -2.28. The molecule has 2 amide bonds. The number of benzene rings is 2. The molecule has 0 bridgehead atoms. The maximum atomic E-state index is 13.6. The Balaban J connectivity index is 1.55. The van der Waals surface area contributed by atoms with Gasteiger partial charge in [-0.1, -0.05) is 68.8 Å². The van der Waals surface area contributed by atoms with E-state index in [9.17, 15) is 9.59 Å². The van der Waals surface area contributed by atoms with Crippen LogP contribution in [0.4, 0.5) is 10.7 Å². The molecule has 1 aliphatic carbocycles. The molecule has 0 fully saturated rings. The Morgan fingerprint density at radius 3 is 2.47 bits per heavy atom. The molecule has 36 heavy (non-hydrogen) atoms. The van der Waals surface area contributed by atoms with E-state index in [0.717, 1.165) is 47.2 Å². The van der Waals surface area contributed by atoms with Crippen LogP contribution in [0.3, 0.4) is 0 Å². The number of carbonyl (C=O) groups excluding carboxylic acids is 2. The minimum Gasteiger partial charge on any atom is -0.322 e. The molecule has 3 N–H and O–H groups in total. The molecule has 1 unspecified atom stereocenters. The molecule has 2 aromatic carbocycles. The van der Waals surface area contributed by atoms with E-state index in [-0.39, 0.29) is 23.8 Å². The first-order valence-corrected chi connectivity index (χ1v) is 13.5. The minimum atomic E-state index is -0.152. The van der Waals surface area contributed by atoms with Crippen LogP contribution in [0.5, 0.6) is 0 Å². The predicted molar refractivity (Wildman–Crippen MR) is 150 cm³/mol. The van der Waals surface area contributed by atoms with Crippen LogP contribution in [0.2, 0.25) is 0 Å². The van der Waals surface area contributed by atoms with E-state index in [4.69, 9.17) is 0 Å². The van der Waals surface area contributed by atoms with E-state index < -0.39 is 0 Å². The fourth-order valence-electron chi connectivity index (χ4n) is 4.88. The molecule has 1 aliphatic rings. The third-order valence-corrected chi connectivity index (χ3v) is 8.23. The molecular formula is C30H37N3O2S. The van der Waals surface area contributed by atoms with Gasteiger partial charge in [-0.3, -0.25) is 9.59 Å². The second-order valence-corrected chi connectivity index (χ2v) is 12.0. The molecule has 0 spiro atoms. The Morgan fingerprint density at radius 1 is 1.03 bits per heavy atom. The Labute approximate surface area is 218 Å². The number of hydrogen-bond donors (Lipinski definition) is 3. The van der Waals surface area contributed by atoms with E-state index >= 15 is 0 Å². The zero-order valence-corrected chi connectivity index (χ0v) is 22.8. The van der Waals surface area contributed by atoms with Crippen LogP contribution in [0.1, 0.15) is 64.7 Å². The zero-order chi connectivity index (χ0) is 25.9. The van der Waals surface area contributed by atoms with Crippen molar-refractivity contribution in [2.24, 2.45) is 11.3 Å². The van der Waals surface area contributed by atoms with Gasteiger partial charge in [-0.25, -0.2) is 0 Å². The van der Waals surface area contributed by atoms with E-state index in [0.29, 0.717) is 23.0 Å². The fourth-order valence-corrected chi connectivity index (χ4v) is 6.22. The number of rotatable bonds is 7. The standard InChI is InChI=1S/C30H37N3O2S/c1-19-11-14-24(20(2)15-19)32-28(35)27-23-13-12-22(30(3,4)5)16-25(23)36-29(27)33-26(34)18-31-17-21-9-7-6-8-10-21/h6-11,14-15,22,31H,12-13,16-18H2,1-5H3,(H,32,35)(H,33,34). The highest BCUT2D eigenvalue weighted by molar-refractivity contribution is 7.17. The summed E-state index contributed by atoms with van der Waals surface area (Å²) in [5.74, 6) is 0.258. The van der Waals surface area contributed by atoms with Crippen molar-refractivity contribution in [3.63, 3.8) is 0 Å². The molecule has 5 nitrogen and oxygen atoms in total. The van der Waals surface area contributed by atoms with Crippen LogP contribution in [0.25, 0.3) is 0 Å². The first-order chi connectivity index (χ1) is 17.1. The van der Waals surface area contributed by atoms with Gasteiger partial charge in [0, 0.05) is 17.1 Å². The van der Waals surface area contributed by atoms with Crippen LogP contribution in [-0.4, -0.2) is 18.4 Å². The highest BCUT2D eigenvalue weighted by Gasteiger charge is 2.34. The SMILES string of the molecule is Cc1ccc(NC(=O)c2c(NC(=O)CNCc3ccccc3)sc3c2CCC(C(C)(C)C)C3)c(C)c1. The number of nitrogens with one attached hydrogen (secondary N) is 3. The number of amides is 2. The molecular weight excluding hydrogens is 466 g/mol. The first kappa shape index (κ1) is 26.1. The van der Waals surface area contributed by atoms with E-state index in [2.05, 4.69) is 42.8 Å². The molecule has 190 valence electrons. The number of anilines is 2. The van der Waals surface area contributed by atoms with E-state index in [1.807, 2.05) is 56.3 Å². The molecule has 0 saturated carbocycles. The van der Waals surface area contributed by atoms with Gasteiger partial charge in [0.1, 0.15) is 5.00 Å². The fraction of sp³-hybridized carbons (Fsp3) is 0.400. The molecule has 1 heterocycles. The summed E-state index contributed by atoms with van der Waals surface area (Å²) in [6.45, 7) is 11.7. The summed E-state index contributed by atoms with van der Waals surface area (Å²) in [5, 5.41) is 10.0. The van der Waals surface area contributed by atoms with Crippen molar-refractivity contribution in [3.8, 4) is 0 Å². The number of fused-ring (bicyclic) bond motifs is 1. The lowest BCUT2D eigenvalue weighted by atomic mass is 9.72. The minimum absolute atomic E-state index is 0.141. The van der Waals surface area contributed by atoms with Gasteiger partial charge in [0.15, 0.2) is 0 Å². The van der Waals surface area contributed by atoms with Crippen LogP contribution in [-0.2, 0) is 24.2 Å². The normalized spacial score (nSPS) is 15.3. The maximum Gasteiger partial charge on any atom is 0.258 e. The maximum absolute atomic E-state index is 13.6. The lowest BCUT2D eigenvalue weighted by molar-refractivity contribution is -0.115. The largest absolute Gasteiger partial charge is 0.322 e. The van der Waals surface area contributed by atoms with Crippen LogP contribution in [0, 0.1) is 25.2 Å². The molecule has 6 heteroatoms. The van der Waals surface area contributed by atoms with Crippen LogP contribution in [0.15, 0.2) is 48.5 Å². The summed E-state index contributed by atoms with van der Waals surface area (Å²) in [7, 11) is 0.